The summed E-state index contributed by atoms with van der Waals surface area (Å²) in [6.45, 7) is 8.54. The van der Waals surface area contributed by atoms with E-state index in [0.717, 1.165) is 30.4 Å². The van der Waals surface area contributed by atoms with Crippen molar-refractivity contribution >= 4 is 21.6 Å². The number of anilines is 1. The van der Waals surface area contributed by atoms with Gasteiger partial charge in [0.05, 0.1) is 16.7 Å². The van der Waals surface area contributed by atoms with Crippen molar-refractivity contribution in [2.24, 2.45) is 0 Å². The van der Waals surface area contributed by atoms with Crippen LogP contribution >= 0.6 is 0 Å². The molecule has 0 spiro atoms. The molecule has 174 valence electrons. The van der Waals surface area contributed by atoms with E-state index in [4.69, 9.17) is 9.47 Å². The van der Waals surface area contributed by atoms with Gasteiger partial charge in [0.2, 0.25) is 10.0 Å². The molecule has 2 aromatic rings. The molecule has 1 amide bonds. The Morgan fingerprint density at radius 1 is 1.03 bits per heavy atom. The van der Waals surface area contributed by atoms with Gasteiger partial charge < -0.3 is 14.8 Å². The van der Waals surface area contributed by atoms with Gasteiger partial charge in [0, 0.05) is 13.1 Å². The van der Waals surface area contributed by atoms with Crippen molar-refractivity contribution in [3.63, 3.8) is 0 Å². The number of amides is 1. The van der Waals surface area contributed by atoms with Crippen molar-refractivity contribution in [1.29, 1.82) is 0 Å². The molecule has 1 saturated heterocycles. The summed E-state index contributed by atoms with van der Waals surface area (Å²) in [6.07, 6.45) is 2.61. The van der Waals surface area contributed by atoms with Crippen LogP contribution < -0.4 is 14.8 Å². The smallest absolute Gasteiger partial charge is 0.262 e. The van der Waals surface area contributed by atoms with E-state index in [2.05, 4.69) is 5.32 Å². The minimum absolute atomic E-state index is 0.137. The molecule has 0 atom stereocenters. The van der Waals surface area contributed by atoms with E-state index >= 15 is 0 Å². The van der Waals surface area contributed by atoms with Crippen molar-refractivity contribution in [2.45, 2.75) is 58.0 Å². The monoisotopic (exact) mass is 460 g/mol. The van der Waals surface area contributed by atoms with E-state index in [-0.39, 0.29) is 17.6 Å². The number of hydrogen-bond donors (Lipinski definition) is 1. The zero-order valence-corrected chi connectivity index (χ0v) is 20.0. The normalized spacial score (nSPS) is 14.9. The van der Waals surface area contributed by atoms with Crippen LogP contribution in [-0.4, -0.2) is 44.4 Å². The standard InChI is InChI=1S/C24H32N2O5S/c1-17(2)31-23-11-10-21(32(28,29)26-12-6-5-7-13-26)15-22(23)25-24(27)16-30-20-9-8-18(3)19(4)14-20/h8-11,14-15,17H,5-7,12-13,16H2,1-4H3,(H,25,27). The molecule has 7 nitrogen and oxygen atoms in total. The Morgan fingerprint density at radius 3 is 2.41 bits per heavy atom. The number of carbonyl (C=O) groups excluding carboxylic acids is 1. The number of piperidine rings is 1. The highest BCUT2D eigenvalue weighted by molar-refractivity contribution is 7.89. The second-order valence-corrected chi connectivity index (χ2v) is 10.3. The van der Waals surface area contributed by atoms with E-state index in [0.29, 0.717) is 30.3 Å². The Labute approximate surface area is 190 Å². The molecule has 0 unspecified atom stereocenters. The first-order chi connectivity index (χ1) is 15.2. The Bertz CT molecular complexity index is 1060. The summed E-state index contributed by atoms with van der Waals surface area (Å²) in [5, 5.41) is 2.76. The van der Waals surface area contributed by atoms with Crippen molar-refractivity contribution in [2.75, 3.05) is 25.0 Å². The molecule has 8 heteroatoms. The summed E-state index contributed by atoms with van der Waals surface area (Å²) in [6, 6.07) is 10.2. The summed E-state index contributed by atoms with van der Waals surface area (Å²) in [4.78, 5) is 12.7. The fourth-order valence-electron chi connectivity index (χ4n) is 3.52. The number of nitrogens with zero attached hydrogens (tertiary/aromatic N) is 1. The zero-order valence-electron chi connectivity index (χ0n) is 19.2. The molecule has 0 aromatic heterocycles. The SMILES string of the molecule is Cc1ccc(OCC(=O)Nc2cc(S(=O)(=O)N3CCCCC3)ccc2OC(C)C)cc1C. The summed E-state index contributed by atoms with van der Waals surface area (Å²) in [5.74, 6) is 0.616. The van der Waals surface area contributed by atoms with Crippen LogP contribution in [0.25, 0.3) is 0 Å². The van der Waals surface area contributed by atoms with E-state index in [1.54, 1.807) is 6.07 Å². The zero-order chi connectivity index (χ0) is 23.3. The Hall–Kier alpha value is -2.58. The molecule has 0 aliphatic carbocycles. The predicted octanol–water partition coefficient (Wildman–Crippen LogP) is 4.28. The molecule has 0 bridgehead atoms. The summed E-state index contributed by atoms with van der Waals surface area (Å²) in [7, 11) is -3.63. The van der Waals surface area contributed by atoms with Gasteiger partial charge in [-0.15, -0.1) is 0 Å². The maximum absolute atomic E-state index is 13.1. The maximum atomic E-state index is 13.1. The van der Waals surface area contributed by atoms with Gasteiger partial charge in [-0.1, -0.05) is 12.5 Å². The van der Waals surface area contributed by atoms with E-state index in [1.165, 1.54) is 16.4 Å². The number of carbonyl (C=O) groups is 1. The van der Waals surface area contributed by atoms with Gasteiger partial charge in [-0.3, -0.25) is 4.79 Å². The van der Waals surface area contributed by atoms with Crippen LogP contribution in [-0.2, 0) is 14.8 Å². The molecular formula is C24H32N2O5S. The third-order valence-corrected chi connectivity index (χ3v) is 7.28. The molecule has 2 aromatic carbocycles. The highest BCUT2D eigenvalue weighted by atomic mass is 32.2. The maximum Gasteiger partial charge on any atom is 0.262 e. The average molecular weight is 461 g/mol. The number of aryl methyl sites for hydroxylation is 2. The molecule has 1 N–H and O–H groups in total. The van der Waals surface area contributed by atoms with Crippen LogP contribution in [0.4, 0.5) is 5.69 Å². The molecule has 1 heterocycles. The average Bonchev–Trinajstić information content (AvgIpc) is 2.76. The first kappa shape index (κ1) is 24.1. The van der Waals surface area contributed by atoms with Crippen molar-refractivity contribution in [1.82, 2.24) is 4.31 Å². The van der Waals surface area contributed by atoms with Gasteiger partial charge in [0.25, 0.3) is 5.91 Å². The Kier molecular flexibility index (Phi) is 7.79. The molecule has 0 saturated carbocycles. The molecule has 1 fully saturated rings. The molecule has 1 aliphatic rings. The lowest BCUT2D eigenvalue weighted by Crippen LogP contribution is -2.35. The van der Waals surface area contributed by atoms with Crippen LogP contribution in [0.2, 0.25) is 0 Å². The first-order valence-corrected chi connectivity index (χ1v) is 12.4. The van der Waals surface area contributed by atoms with Gasteiger partial charge >= 0.3 is 0 Å². The van der Waals surface area contributed by atoms with Crippen LogP contribution in [0.1, 0.15) is 44.2 Å². The van der Waals surface area contributed by atoms with Gasteiger partial charge in [0.15, 0.2) is 6.61 Å². The summed E-state index contributed by atoms with van der Waals surface area (Å²) in [5.41, 5.74) is 2.53. The first-order valence-electron chi connectivity index (χ1n) is 11.0. The van der Waals surface area contributed by atoms with Gasteiger partial charge in [0.1, 0.15) is 11.5 Å². The van der Waals surface area contributed by atoms with Gasteiger partial charge in [-0.25, -0.2) is 8.42 Å². The van der Waals surface area contributed by atoms with Crippen LogP contribution in [0.5, 0.6) is 11.5 Å². The lowest BCUT2D eigenvalue weighted by atomic mass is 10.1. The van der Waals surface area contributed by atoms with E-state index in [1.807, 2.05) is 45.9 Å². The Morgan fingerprint density at radius 2 is 1.75 bits per heavy atom. The predicted molar refractivity (Wildman–Crippen MR) is 125 cm³/mol. The number of hydrogen-bond acceptors (Lipinski definition) is 5. The number of benzene rings is 2. The number of ether oxygens (including phenoxy) is 2. The largest absolute Gasteiger partial charge is 0.489 e. The summed E-state index contributed by atoms with van der Waals surface area (Å²) >= 11 is 0. The minimum atomic E-state index is -3.63. The van der Waals surface area contributed by atoms with Crippen LogP contribution in [0.15, 0.2) is 41.3 Å². The minimum Gasteiger partial charge on any atom is -0.489 e. The quantitative estimate of drug-likeness (QED) is 0.635. The number of sulfonamides is 1. The van der Waals surface area contributed by atoms with Crippen molar-refractivity contribution in [3.8, 4) is 11.5 Å². The van der Waals surface area contributed by atoms with Gasteiger partial charge in [-0.2, -0.15) is 4.31 Å². The fourth-order valence-corrected chi connectivity index (χ4v) is 5.06. The molecule has 3 rings (SSSR count). The van der Waals surface area contributed by atoms with E-state index in [9.17, 15) is 13.2 Å². The molecular weight excluding hydrogens is 428 g/mol. The number of rotatable bonds is 8. The molecule has 32 heavy (non-hydrogen) atoms. The third kappa shape index (κ3) is 6.01. The summed E-state index contributed by atoms with van der Waals surface area (Å²) < 4.78 is 39.1. The lowest BCUT2D eigenvalue weighted by Gasteiger charge is -2.26. The van der Waals surface area contributed by atoms with Gasteiger partial charge in [-0.05, 0) is 82.0 Å². The van der Waals surface area contributed by atoms with Crippen LogP contribution in [0, 0.1) is 13.8 Å². The molecule has 1 aliphatic heterocycles. The third-order valence-electron chi connectivity index (χ3n) is 5.39. The molecule has 0 radical (unpaired) electrons. The van der Waals surface area contributed by atoms with Crippen molar-refractivity contribution < 1.29 is 22.7 Å². The van der Waals surface area contributed by atoms with E-state index < -0.39 is 15.9 Å². The van der Waals surface area contributed by atoms with Crippen molar-refractivity contribution in [3.05, 3.63) is 47.5 Å². The van der Waals surface area contributed by atoms with Crippen LogP contribution in [0.3, 0.4) is 0 Å². The second kappa shape index (κ2) is 10.4. The fraction of sp³-hybridized carbons (Fsp3) is 0.458. The Balaban J connectivity index is 1.78. The topological polar surface area (TPSA) is 84.9 Å². The highest BCUT2D eigenvalue weighted by Crippen LogP contribution is 2.31. The lowest BCUT2D eigenvalue weighted by molar-refractivity contribution is -0.118. The second-order valence-electron chi connectivity index (χ2n) is 8.37. The number of nitrogens with one attached hydrogen (secondary N) is 1. The highest BCUT2D eigenvalue weighted by Gasteiger charge is 2.27.